The molecule has 9 atom stereocenters. The molecule has 5 rings (SSSR count). The van der Waals surface area contributed by atoms with Gasteiger partial charge in [-0.3, -0.25) is 0 Å². The fourth-order valence-electron chi connectivity index (χ4n) is 10.7. The average molecular weight is 443 g/mol. The van der Waals surface area contributed by atoms with Gasteiger partial charge in [0.1, 0.15) is 0 Å². The number of hydrogen-bond acceptors (Lipinski definition) is 2. The van der Waals surface area contributed by atoms with Crippen LogP contribution in [0.4, 0.5) is 0 Å². The maximum Gasteiger partial charge on any atom is 0.0604 e. The second-order valence-electron chi connectivity index (χ2n) is 15.3. The summed E-state index contributed by atoms with van der Waals surface area (Å²) in [6.45, 7) is 19.7. The van der Waals surface area contributed by atoms with E-state index in [1.165, 1.54) is 38.5 Å². The van der Waals surface area contributed by atoms with Gasteiger partial charge in [0.05, 0.1) is 12.2 Å². The lowest BCUT2D eigenvalue weighted by Crippen LogP contribution is -2.65. The van der Waals surface area contributed by atoms with Crippen LogP contribution in [0.5, 0.6) is 0 Å². The van der Waals surface area contributed by atoms with E-state index in [0.717, 1.165) is 19.3 Å². The molecule has 0 aromatic rings. The van der Waals surface area contributed by atoms with Crippen molar-refractivity contribution in [3.63, 3.8) is 0 Å². The van der Waals surface area contributed by atoms with Crippen LogP contribution in [0.2, 0.25) is 0 Å². The number of rotatable bonds is 0. The third kappa shape index (κ3) is 2.72. The molecule has 0 radical (unpaired) electrons. The monoisotopic (exact) mass is 442 g/mol. The van der Waals surface area contributed by atoms with Crippen molar-refractivity contribution in [2.24, 2.45) is 50.2 Å². The molecule has 5 aliphatic rings. The zero-order valence-electron chi connectivity index (χ0n) is 22.2. The largest absolute Gasteiger partial charge is 0.393 e. The van der Waals surface area contributed by atoms with Gasteiger partial charge in [-0.25, -0.2) is 0 Å². The first-order valence-electron chi connectivity index (χ1n) is 13.7. The van der Waals surface area contributed by atoms with Crippen molar-refractivity contribution in [1.82, 2.24) is 0 Å². The summed E-state index contributed by atoms with van der Waals surface area (Å²) in [4.78, 5) is 0. The summed E-state index contributed by atoms with van der Waals surface area (Å²) in [6.07, 6.45) is 12.8. The highest BCUT2D eigenvalue weighted by Gasteiger charge is 2.68. The predicted molar refractivity (Wildman–Crippen MR) is 132 cm³/mol. The Morgan fingerprint density at radius 1 is 0.719 bits per heavy atom. The van der Waals surface area contributed by atoms with E-state index in [2.05, 4.69) is 61.5 Å². The van der Waals surface area contributed by atoms with Gasteiger partial charge in [-0.05, 0) is 103 Å². The molecule has 0 heterocycles. The molecule has 2 nitrogen and oxygen atoms in total. The summed E-state index contributed by atoms with van der Waals surface area (Å²) >= 11 is 0. The molecule has 0 amide bonds. The van der Waals surface area contributed by atoms with Gasteiger partial charge in [0.15, 0.2) is 0 Å². The van der Waals surface area contributed by atoms with Crippen LogP contribution in [0, 0.1) is 50.2 Å². The van der Waals surface area contributed by atoms with Crippen LogP contribution in [0.15, 0.2) is 11.6 Å². The van der Waals surface area contributed by atoms with Gasteiger partial charge in [-0.15, -0.1) is 0 Å². The molecule has 4 fully saturated rings. The molecule has 0 bridgehead atoms. The van der Waals surface area contributed by atoms with Crippen molar-refractivity contribution in [3.05, 3.63) is 11.6 Å². The molecule has 0 aliphatic heterocycles. The first-order valence-corrected chi connectivity index (χ1v) is 13.7. The van der Waals surface area contributed by atoms with Crippen LogP contribution in [0.25, 0.3) is 0 Å². The Balaban J connectivity index is 1.58. The highest BCUT2D eigenvalue weighted by Crippen LogP contribution is 2.75. The van der Waals surface area contributed by atoms with Crippen LogP contribution >= 0.6 is 0 Å². The van der Waals surface area contributed by atoms with E-state index in [4.69, 9.17) is 0 Å². The zero-order valence-corrected chi connectivity index (χ0v) is 22.2. The SMILES string of the molecule is CC1(C)C[C@@H](O)[C@]2(C)CC[C@]3(C)C(=CC[C@@H]4[C@@]5(C)CC[C@H](O)C(C)(C)[C@H]5CC[C@]43C)[C@@H]2C1. The lowest BCUT2D eigenvalue weighted by molar-refractivity contribution is -0.207. The quantitative estimate of drug-likeness (QED) is 0.391. The first-order chi connectivity index (χ1) is 14.6. The Bertz CT molecular complexity index is 825. The second-order valence-corrected chi connectivity index (χ2v) is 15.3. The van der Waals surface area contributed by atoms with Crippen LogP contribution in [0.3, 0.4) is 0 Å². The second kappa shape index (κ2) is 6.66. The fourth-order valence-corrected chi connectivity index (χ4v) is 10.7. The molecule has 0 unspecified atom stereocenters. The van der Waals surface area contributed by atoms with E-state index in [0.29, 0.717) is 28.6 Å². The number of aliphatic hydroxyl groups excluding tert-OH is 2. The van der Waals surface area contributed by atoms with Crippen LogP contribution in [-0.2, 0) is 0 Å². The van der Waals surface area contributed by atoms with Gasteiger partial charge in [-0.2, -0.15) is 0 Å². The molecule has 2 N–H and O–H groups in total. The third-order valence-corrected chi connectivity index (χ3v) is 13.1. The molecule has 182 valence electrons. The maximum atomic E-state index is 11.3. The summed E-state index contributed by atoms with van der Waals surface area (Å²) in [5.74, 6) is 1.83. The molecule has 4 saturated carbocycles. The fraction of sp³-hybridized carbons (Fsp3) is 0.933. The van der Waals surface area contributed by atoms with Crippen molar-refractivity contribution >= 4 is 0 Å². The summed E-state index contributed by atoms with van der Waals surface area (Å²) in [5, 5.41) is 22.2. The van der Waals surface area contributed by atoms with Crippen LogP contribution in [-0.4, -0.2) is 22.4 Å². The third-order valence-electron chi connectivity index (χ3n) is 13.1. The van der Waals surface area contributed by atoms with Gasteiger partial charge in [0.2, 0.25) is 0 Å². The Kier molecular flexibility index (Phi) is 4.87. The average Bonchev–Trinajstić information content (AvgIpc) is 2.67. The van der Waals surface area contributed by atoms with E-state index in [1.54, 1.807) is 5.57 Å². The van der Waals surface area contributed by atoms with Gasteiger partial charge in [0, 0.05) is 5.41 Å². The molecule has 0 saturated heterocycles. The lowest BCUT2D eigenvalue weighted by atomic mass is 9.33. The van der Waals surface area contributed by atoms with Crippen molar-refractivity contribution in [3.8, 4) is 0 Å². The minimum absolute atomic E-state index is 0.0157. The standard InChI is InChI=1S/C30H50O2/c1-25(2)17-20-19-9-10-22-28(6)13-12-23(31)26(3,4)21(28)11-14-30(22,8)29(19,7)16-15-27(20,5)24(32)18-25/h9,20-24,31-32H,10-18H2,1-8H3/t20-,21+,22+,23-,24+,27+,28-,29+,30+/m0/s1. The molecular formula is C30H50O2. The molecule has 0 aromatic heterocycles. The van der Waals surface area contributed by atoms with Gasteiger partial charge in [0.25, 0.3) is 0 Å². The molecule has 2 heteroatoms. The van der Waals surface area contributed by atoms with E-state index >= 15 is 0 Å². The van der Waals surface area contributed by atoms with E-state index in [9.17, 15) is 10.2 Å². The number of aliphatic hydroxyl groups is 2. The zero-order chi connectivity index (χ0) is 23.5. The van der Waals surface area contributed by atoms with E-state index in [-0.39, 0.29) is 33.9 Å². The highest BCUT2D eigenvalue weighted by atomic mass is 16.3. The summed E-state index contributed by atoms with van der Waals surface area (Å²) in [5.41, 5.74) is 2.86. The van der Waals surface area contributed by atoms with Gasteiger partial charge in [-0.1, -0.05) is 67.0 Å². The topological polar surface area (TPSA) is 40.5 Å². The van der Waals surface area contributed by atoms with Crippen molar-refractivity contribution in [2.45, 2.75) is 125 Å². The van der Waals surface area contributed by atoms with Crippen molar-refractivity contribution < 1.29 is 10.2 Å². The summed E-state index contributed by atoms with van der Waals surface area (Å²) in [7, 11) is 0. The maximum absolute atomic E-state index is 11.3. The molecule has 0 aromatic carbocycles. The minimum atomic E-state index is -0.180. The summed E-state index contributed by atoms with van der Waals surface area (Å²) in [6, 6.07) is 0. The Morgan fingerprint density at radius 3 is 2.09 bits per heavy atom. The molecule has 32 heavy (non-hydrogen) atoms. The Morgan fingerprint density at radius 2 is 1.41 bits per heavy atom. The first kappa shape index (κ1) is 23.4. The summed E-state index contributed by atoms with van der Waals surface area (Å²) < 4.78 is 0. The lowest BCUT2D eigenvalue weighted by Gasteiger charge is -2.71. The van der Waals surface area contributed by atoms with Crippen molar-refractivity contribution in [2.75, 3.05) is 0 Å². The smallest absolute Gasteiger partial charge is 0.0604 e. The number of fused-ring (bicyclic) bond motifs is 7. The van der Waals surface area contributed by atoms with Crippen LogP contribution in [0.1, 0.15) is 113 Å². The number of allylic oxidation sites excluding steroid dienone is 2. The van der Waals surface area contributed by atoms with Crippen LogP contribution < -0.4 is 0 Å². The minimum Gasteiger partial charge on any atom is -0.393 e. The Labute approximate surface area is 197 Å². The van der Waals surface area contributed by atoms with Gasteiger partial charge < -0.3 is 10.2 Å². The molecule has 0 spiro atoms. The normalized spacial score (nSPS) is 56.2. The highest BCUT2D eigenvalue weighted by molar-refractivity contribution is 5.34. The number of hydrogen-bond donors (Lipinski definition) is 2. The van der Waals surface area contributed by atoms with E-state index in [1.807, 2.05) is 0 Å². The van der Waals surface area contributed by atoms with E-state index < -0.39 is 0 Å². The van der Waals surface area contributed by atoms with Crippen molar-refractivity contribution in [1.29, 1.82) is 0 Å². The van der Waals surface area contributed by atoms with Gasteiger partial charge >= 0.3 is 0 Å². The molecule has 5 aliphatic carbocycles. The predicted octanol–water partition coefficient (Wildman–Crippen LogP) is 7.14. The molecular weight excluding hydrogens is 392 g/mol. The Hall–Kier alpha value is -0.340.